The Labute approximate surface area is 135 Å². The Balaban J connectivity index is 2.22. The van der Waals surface area contributed by atoms with Crippen molar-refractivity contribution >= 4 is 11.8 Å². The third-order valence-electron chi connectivity index (χ3n) is 4.35. The highest BCUT2D eigenvalue weighted by molar-refractivity contribution is 5.81. The molecule has 5 heteroatoms. The molecule has 1 fully saturated rings. The van der Waals surface area contributed by atoms with Gasteiger partial charge in [-0.1, -0.05) is 13.8 Å². The fourth-order valence-corrected chi connectivity index (χ4v) is 2.79. The predicted octanol–water partition coefficient (Wildman–Crippen LogP) is 1.63. The molecular weight excluding hydrogens is 278 g/mol. The number of rotatable bonds is 8. The molecular formula is C17H33N3O2. The van der Waals surface area contributed by atoms with E-state index in [1.165, 1.54) is 0 Å². The SMILES string of the molecule is CC(C)CCNC(=O)C1CCC(C(=O)NCCN(C)C)CC1. The van der Waals surface area contributed by atoms with E-state index >= 15 is 0 Å². The molecule has 0 unspecified atom stereocenters. The lowest BCUT2D eigenvalue weighted by atomic mass is 9.81. The summed E-state index contributed by atoms with van der Waals surface area (Å²) in [5.41, 5.74) is 0. The first-order valence-corrected chi connectivity index (χ1v) is 8.60. The van der Waals surface area contributed by atoms with E-state index in [9.17, 15) is 9.59 Å². The number of likely N-dealkylation sites (N-methyl/N-ethyl adjacent to an activating group) is 1. The molecule has 0 aromatic heterocycles. The molecule has 0 spiro atoms. The van der Waals surface area contributed by atoms with E-state index in [1.807, 2.05) is 14.1 Å². The summed E-state index contributed by atoms with van der Waals surface area (Å²) in [5, 5.41) is 6.02. The largest absolute Gasteiger partial charge is 0.356 e. The average Bonchev–Trinajstić information content (AvgIpc) is 2.46. The number of hydrogen-bond acceptors (Lipinski definition) is 3. The van der Waals surface area contributed by atoms with Gasteiger partial charge in [-0.15, -0.1) is 0 Å². The lowest BCUT2D eigenvalue weighted by molar-refractivity contribution is -0.130. The fraction of sp³-hybridized carbons (Fsp3) is 0.882. The number of hydrogen-bond donors (Lipinski definition) is 2. The molecule has 1 rings (SSSR count). The molecule has 0 atom stereocenters. The molecule has 0 aliphatic heterocycles. The maximum Gasteiger partial charge on any atom is 0.223 e. The van der Waals surface area contributed by atoms with Crippen LogP contribution in [0.15, 0.2) is 0 Å². The fourth-order valence-electron chi connectivity index (χ4n) is 2.79. The molecule has 0 radical (unpaired) electrons. The van der Waals surface area contributed by atoms with Gasteiger partial charge in [0, 0.05) is 31.5 Å². The van der Waals surface area contributed by atoms with E-state index < -0.39 is 0 Å². The summed E-state index contributed by atoms with van der Waals surface area (Å²) in [7, 11) is 3.99. The Morgan fingerprint density at radius 1 is 0.955 bits per heavy atom. The van der Waals surface area contributed by atoms with Crippen molar-refractivity contribution in [1.82, 2.24) is 15.5 Å². The summed E-state index contributed by atoms with van der Waals surface area (Å²) in [4.78, 5) is 26.2. The van der Waals surface area contributed by atoms with Gasteiger partial charge in [0.15, 0.2) is 0 Å². The lowest BCUT2D eigenvalue weighted by Crippen LogP contribution is -2.39. The Morgan fingerprint density at radius 2 is 1.41 bits per heavy atom. The number of nitrogens with zero attached hydrogens (tertiary/aromatic N) is 1. The van der Waals surface area contributed by atoms with Crippen molar-refractivity contribution in [3.63, 3.8) is 0 Å². The average molecular weight is 311 g/mol. The van der Waals surface area contributed by atoms with Crippen LogP contribution >= 0.6 is 0 Å². The summed E-state index contributed by atoms with van der Waals surface area (Å²) in [6.45, 7) is 6.64. The Kier molecular flexibility index (Phi) is 8.46. The predicted molar refractivity (Wildman–Crippen MR) is 89.5 cm³/mol. The minimum Gasteiger partial charge on any atom is -0.356 e. The van der Waals surface area contributed by atoms with E-state index in [1.54, 1.807) is 0 Å². The van der Waals surface area contributed by atoms with Gasteiger partial charge in [0.1, 0.15) is 0 Å². The van der Waals surface area contributed by atoms with Gasteiger partial charge in [0.25, 0.3) is 0 Å². The maximum absolute atomic E-state index is 12.1. The van der Waals surface area contributed by atoms with Crippen molar-refractivity contribution in [3.05, 3.63) is 0 Å². The molecule has 128 valence electrons. The molecule has 2 N–H and O–H groups in total. The van der Waals surface area contributed by atoms with Crippen molar-refractivity contribution in [1.29, 1.82) is 0 Å². The van der Waals surface area contributed by atoms with Gasteiger partial charge in [-0.25, -0.2) is 0 Å². The zero-order chi connectivity index (χ0) is 16.5. The molecule has 0 aromatic carbocycles. The van der Waals surface area contributed by atoms with E-state index in [2.05, 4.69) is 29.4 Å². The summed E-state index contributed by atoms with van der Waals surface area (Å²) in [6.07, 6.45) is 4.35. The normalized spacial score (nSPS) is 21.9. The molecule has 0 aromatic rings. The Morgan fingerprint density at radius 3 is 1.82 bits per heavy atom. The van der Waals surface area contributed by atoms with Gasteiger partial charge in [0.2, 0.25) is 11.8 Å². The van der Waals surface area contributed by atoms with Crippen LogP contribution < -0.4 is 10.6 Å². The topological polar surface area (TPSA) is 61.4 Å². The standard InChI is InChI=1S/C17H33N3O2/c1-13(2)9-10-18-16(21)14-5-7-15(8-6-14)17(22)19-11-12-20(3)4/h13-15H,5-12H2,1-4H3,(H,18,21)(H,19,22). The van der Waals surface area contributed by atoms with Crippen LogP contribution in [0, 0.1) is 17.8 Å². The zero-order valence-electron chi connectivity index (χ0n) is 14.7. The zero-order valence-corrected chi connectivity index (χ0v) is 14.7. The third kappa shape index (κ3) is 7.25. The number of carbonyl (C=O) groups excluding carboxylic acids is 2. The molecule has 1 aliphatic carbocycles. The quantitative estimate of drug-likeness (QED) is 0.716. The van der Waals surface area contributed by atoms with Crippen LogP contribution in [-0.2, 0) is 9.59 Å². The van der Waals surface area contributed by atoms with Crippen LogP contribution in [-0.4, -0.2) is 50.4 Å². The molecule has 0 saturated heterocycles. The monoisotopic (exact) mass is 311 g/mol. The van der Waals surface area contributed by atoms with Crippen molar-refractivity contribution in [3.8, 4) is 0 Å². The second-order valence-corrected chi connectivity index (χ2v) is 7.12. The highest BCUT2D eigenvalue weighted by atomic mass is 16.2. The first-order chi connectivity index (χ1) is 10.4. The van der Waals surface area contributed by atoms with Crippen LogP contribution in [0.25, 0.3) is 0 Å². The van der Waals surface area contributed by atoms with E-state index in [0.29, 0.717) is 12.5 Å². The second-order valence-electron chi connectivity index (χ2n) is 7.12. The van der Waals surface area contributed by atoms with Crippen molar-refractivity contribution in [2.24, 2.45) is 17.8 Å². The van der Waals surface area contributed by atoms with E-state index in [-0.39, 0.29) is 23.7 Å². The minimum absolute atomic E-state index is 0.0851. The summed E-state index contributed by atoms with van der Waals surface area (Å²) < 4.78 is 0. The van der Waals surface area contributed by atoms with E-state index in [4.69, 9.17) is 0 Å². The molecule has 1 aliphatic rings. The van der Waals surface area contributed by atoms with Crippen LogP contribution in [0.2, 0.25) is 0 Å². The minimum atomic E-state index is 0.0851. The Hall–Kier alpha value is -1.10. The van der Waals surface area contributed by atoms with Gasteiger partial charge in [-0.05, 0) is 52.1 Å². The highest BCUT2D eigenvalue weighted by Crippen LogP contribution is 2.29. The van der Waals surface area contributed by atoms with Crippen molar-refractivity contribution in [2.45, 2.75) is 46.0 Å². The number of amides is 2. The maximum atomic E-state index is 12.1. The van der Waals surface area contributed by atoms with Crippen LogP contribution in [0.5, 0.6) is 0 Å². The van der Waals surface area contributed by atoms with Gasteiger partial charge in [-0.2, -0.15) is 0 Å². The van der Waals surface area contributed by atoms with Gasteiger partial charge in [0.05, 0.1) is 0 Å². The van der Waals surface area contributed by atoms with Crippen LogP contribution in [0.4, 0.5) is 0 Å². The molecule has 0 heterocycles. The van der Waals surface area contributed by atoms with Gasteiger partial charge >= 0.3 is 0 Å². The number of nitrogens with one attached hydrogen (secondary N) is 2. The molecule has 1 saturated carbocycles. The number of carbonyl (C=O) groups is 2. The Bertz CT molecular complexity index is 314. The lowest BCUT2D eigenvalue weighted by Gasteiger charge is -2.27. The highest BCUT2D eigenvalue weighted by Gasteiger charge is 2.29. The van der Waals surface area contributed by atoms with Crippen molar-refractivity contribution in [2.75, 3.05) is 33.7 Å². The van der Waals surface area contributed by atoms with Gasteiger partial charge in [-0.3, -0.25) is 9.59 Å². The third-order valence-corrected chi connectivity index (χ3v) is 4.35. The smallest absolute Gasteiger partial charge is 0.223 e. The van der Waals surface area contributed by atoms with Crippen LogP contribution in [0.1, 0.15) is 46.0 Å². The van der Waals surface area contributed by atoms with Crippen LogP contribution in [0.3, 0.4) is 0 Å². The molecule has 2 amide bonds. The van der Waals surface area contributed by atoms with E-state index in [0.717, 1.165) is 45.2 Å². The summed E-state index contributed by atoms with van der Waals surface area (Å²) in [5.74, 6) is 1.12. The molecule has 22 heavy (non-hydrogen) atoms. The molecule has 0 bridgehead atoms. The van der Waals surface area contributed by atoms with Crippen molar-refractivity contribution < 1.29 is 9.59 Å². The second kappa shape index (κ2) is 9.82. The first-order valence-electron chi connectivity index (χ1n) is 8.60. The summed E-state index contributed by atoms with van der Waals surface area (Å²) >= 11 is 0. The first kappa shape index (κ1) is 18.9. The summed E-state index contributed by atoms with van der Waals surface area (Å²) in [6, 6.07) is 0. The van der Waals surface area contributed by atoms with Gasteiger partial charge < -0.3 is 15.5 Å². The molecule has 5 nitrogen and oxygen atoms in total.